The minimum atomic E-state index is -0.405. The van der Waals surface area contributed by atoms with Crippen LogP contribution in [0.15, 0.2) is 30.3 Å². The van der Waals surface area contributed by atoms with Crippen molar-refractivity contribution in [2.24, 2.45) is 0 Å². The average Bonchev–Trinajstić information content (AvgIpc) is 2.75. The molecule has 0 aliphatic carbocycles. The second-order valence-corrected chi connectivity index (χ2v) is 6.46. The summed E-state index contributed by atoms with van der Waals surface area (Å²) < 4.78 is 34.2. The zero-order valence-electron chi connectivity index (χ0n) is 17.2. The van der Waals surface area contributed by atoms with Gasteiger partial charge in [-0.05, 0) is 36.8 Å². The van der Waals surface area contributed by atoms with Crippen molar-refractivity contribution < 1.29 is 33.5 Å². The van der Waals surface area contributed by atoms with Crippen LogP contribution < -0.4 is 28.4 Å². The SMILES string of the molecule is COc1cc(C2Oc3cc(C=CCO)cc(OC)c3OC2C)cc(OC)c1OC. The smallest absolute Gasteiger partial charge is 0.204 e. The van der Waals surface area contributed by atoms with E-state index in [9.17, 15) is 0 Å². The van der Waals surface area contributed by atoms with Gasteiger partial charge in [0.25, 0.3) is 0 Å². The number of ether oxygens (including phenoxy) is 6. The summed E-state index contributed by atoms with van der Waals surface area (Å²) >= 11 is 0. The summed E-state index contributed by atoms with van der Waals surface area (Å²) in [5.74, 6) is 3.27. The van der Waals surface area contributed by atoms with E-state index in [1.807, 2.05) is 31.2 Å². The molecule has 3 rings (SSSR count). The second kappa shape index (κ2) is 8.96. The van der Waals surface area contributed by atoms with Crippen LogP contribution >= 0.6 is 0 Å². The van der Waals surface area contributed by atoms with Crippen molar-refractivity contribution >= 4 is 6.08 Å². The van der Waals surface area contributed by atoms with Crippen LogP contribution in [-0.2, 0) is 0 Å². The third-order valence-electron chi connectivity index (χ3n) is 4.68. The minimum Gasteiger partial charge on any atom is -0.493 e. The Morgan fingerprint density at radius 3 is 2.10 bits per heavy atom. The molecular formula is C22H26O7. The molecule has 1 aliphatic rings. The quantitative estimate of drug-likeness (QED) is 0.758. The van der Waals surface area contributed by atoms with E-state index in [4.69, 9.17) is 33.5 Å². The van der Waals surface area contributed by atoms with Crippen molar-refractivity contribution in [3.8, 4) is 34.5 Å². The Labute approximate surface area is 170 Å². The molecule has 2 aromatic rings. The molecule has 7 nitrogen and oxygen atoms in total. The summed E-state index contributed by atoms with van der Waals surface area (Å²) in [6.45, 7) is 1.87. The maximum Gasteiger partial charge on any atom is 0.204 e. The van der Waals surface area contributed by atoms with Crippen molar-refractivity contribution in [1.29, 1.82) is 0 Å². The summed E-state index contributed by atoms with van der Waals surface area (Å²) in [7, 11) is 6.28. The van der Waals surface area contributed by atoms with Gasteiger partial charge in [-0.25, -0.2) is 0 Å². The molecule has 1 N–H and O–H groups in total. The highest BCUT2D eigenvalue weighted by atomic mass is 16.6. The number of benzene rings is 2. The van der Waals surface area contributed by atoms with Crippen LogP contribution in [0, 0.1) is 0 Å². The minimum absolute atomic E-state index is 0.0537. The molecule has 2 unspecified atom stereocenters. The van der Waals surface area contributed by atoms with Gasteiger partial charge >= 0.3 is 0 Å². The molecule has 7 heteroatoms. The molecule has 0 saturated heterocycles. The lowest BCUT2D eigenvalue weighted by Gasteiger charge is -2.33. The van der Waals surface area contributed by atoms with Gasteiger partial charge in [0, 0.05) is 5.56 Å². The Balaban J connectivity index is 2.04. The topological polar surface area (TPSA) is 75.6 Å². The summed E-state index contributed by atoms with van der Waals surface area (Å²) in [5, 5.41) is 9.05. The molecule has 0 radical (unpaired) electrons. The van der Waals surface area contributed by atoms with E-state index >= 15 is 0 Å². The van der Waals surface area contributed by atoms with Gasteiger partial charge in [0.1, 0.15) is 6.10 Å². The fourth-order valence-electron chi connectivity index (χ4n) is 3.32. The van der Waals surface area contributed by atoms with E-state index in [1.54, 1.807) is 40.6 Å². The molecule has 1 aliphatic heterocycles. The van der Waals surface area contributed by atoms with Gasteiger partial charge in [-0.1, -0.05) is 12.2 Å². The highest BCUT2D eigenvalue weighted by Gasteiger charge is 2.33. The van der Waals surface area contributed by atoms with Crippen molar-refractivity contribution in [3.05, 3.63) is 41.5 Å². The first-order chi connectivity index (χ1) is 14.1. The molecule has 0 fully saturated rings. The average molecular weight is 402 g/mol. The van der Waals surface area contributed by atoms with Gasteiger partial charge < -0.3 is 33.5 Å². The first-order valence-electron chi connectivity index (χ1n) is 9.18. The van der Waals surface area contributed by atoms with Gasteiger partial charge in [-0.15, -0.1) is 0 Å². The highest BCUT2D eigenvalue weighted by Crippen LogP contribution is 2.48. The summed E-state index contributed by atoms with van der Waals surface area (Å²) in [6.07, 6.45) is 2.74. The van der Waals surface area contributed by atoms with Crippen molar-refractivity contribution in [1.82, 2.24) is 0 Å². The maximum atomic E-state index is 9.05. The Kier molecular flexibility index (Phi) is 6.39. The van der Waals surface area contributed by atoms with Crippen LogP contribution in [0.25, 0.3) is 6.08 Å². The van der Waals surface area contributed by atoms with Crippen LogP contribution in [0.3, 0.4) is 0 Å². The van der Waals surface area contributed by atoms with Gasteiger partial charge in [0.05, 0.1) is 35.0 Å². The van der Waals surface area contributed by atoms with Crippen LogP contribution in [-0.4, -0.2) is 46.3 Å². The lowest BCUT2D eigenvalue weighted by atomic mass is 10.0. The van der Waals surface area contributed by atoms with Gasteiger partial charge in [-0.2, -0.15) is 0 Å². The monoisotopic (exact) mass is 402 g/mol. The number of aliphatic hydroxyl groups excluding tert-OH is 1. The molecule has 0 saturated carbocycles. The molecule has 1 heterocycles. The third-order valence-corrected chi connectivity index (χ3v) is 4.68. The van der Waals surface area contributed by atoms with Crippen LogP contribution in [0.5, 0.6) is 34.5 Å². The van der Waals surface area contributed by atoms with Gasteiger partial charge in [0.2, 0.25) is 11.5 Å². The molecule has 2 atom stereocenters. The Hall–Kier alpha value is -3.06. The summed E-state index contributed by atoms with van der Waals surface area (Å²) in [6, 6.07) is 7.38. The summed E-state index contributed by atoms with van der Waals surface area (Å²) in [4.78, 5) is 0. The van der Waals surface area contributed by atoms with E-state index in [1.165, 1.54) is 0 Å². The molecule has 0 bridgehead atoms. The first-order valence-corrected chi connectivity index (χ1v) is 9.18. The summed E-state index contributed by atoms with van der Waals surface area (Å²) in [5.41, 5.74) is 1.66. The highest BCUT2D eigenvalue weighted by molar-refractivity contribution is 5.63. The van der Waals surface area contributed by atoms with Gasteiger partial charge in [0.15, 0.2) is 29.1 Å². The zero-order valence-corrected chi connectivity index (χ0v) is 17.2. The predicted octanol–water partition coefficient (Wildman–Crippen LogP) is 3.63. The van der Waals surface area contributed by atoms with E-state index in [-0.39, 0.29) is 12.7 Å². The normalized spacial score (nSPS) is 17.9. The van der Waals surface area contributed by atoms with Crippen molar-refractivity contribution in [2.75, 3.05) is 35.0 Å². The first kappa shape index (κ1) is 20.7. The van der Waals surface area contributed by atoms with Crippen molar-refractivity contribution in [3.63, 3.8) is 0 Å². The Morgan fingerprint density at radius 1 is 0.897 bits per heavy atom. The molecule has 0 amide bonds. The number of aliphatic hydroxyl groups is 1. The standard InChI is InChI=1S/C22H26O7/c1-13-20(15-11-17(25-3)21(27-5)18(12-15)26-4)29-19-10-14(7-6-8-23)9-16(24-2)22(19)28-13/h6-7,9-13,20,23H,8H2,1-5H3. The fourth-order valence-corrected chi connectivity index (χ4v) is 3.32. The number of methoxy groups -OCH3 is 4. The zero-order chi connectivity index (χ0) is 21.0. The fraction of sp³-hybridized carbons (Fsp3) is 0.364. The lowest BCUT2D eigenvalue weighted by Crippen LogP contribution is -2.31. The van der Waals surface area contributed by atoms with Crippen LogP contribution in [0.4, 0.5) is 0 Å². The maximum absolute atomic E-state index is 9.05. The number of hydrogen-bond acceptors (Lipinski definition) is 7. The van der Waals surface area contributed by atoms with Gasteiger partial charge in [-0.3, -0.25) is 0 Å². The molecule has 156 valence electrons. The van der Waals surface area contributed by atoms with Crippen LogP contribution in [0.2, 0.25) is 0 Å². The molecule has 29 heavy (non-hydrogen) atoms. The third kappa shape index (κ3) is 4.05. The number of rotatable bonds is 7. The molecular weight excluding hydrogens is 376 g/mol. The molecule has 0 spiro atoms. The van der Waals surface area contributed by atoms with Crippen molar-refractivity contribution in [2.45, 2.75) is 19.1 Å². The predicted molar refractivity (Wildman–Crippen MR) is 109 cm³/mol. The molecule has 0 aromatic heterocycles. The van der Waals surface area contributed by atoms with E-state index in [0.29, 0.717) is 34.5 Å². The lowest BCUT2D eigenvalue weighted by molar-refractivity contribution is 0.0279. The van der Waals surface area contributed by atoms with E-state index < -0.39 is 6.10 Å². The molecule has 2 aromatic carbocycles. The number of fused-ring (bicyclic) bond motifs is 1. The van der Waals surface area contributed by atoms with E-state index in [0.717, 1.165) is 11.1 Å². The second-order valence-electron chi connectivity index (χ2n) is 6.46. The number of hydrogen-bond donors (Lipinski definition) is 1. The Morgan fingerprint density at radius 2 is 1.55 bits per heavy atom. The van der Waals surface area contributed by atoms with Crippen LogP contribution in [0.1, 0.15) is 24.2 Å². The Bertz CT molecular complexity index is 866. The van der Waals surface area contributed by atoms with E-state index in [2.05, 4.69) is 0 Å². The largest absolute Gasteiger partial charge is 0.493 e.